The molecular formula is C28H18N8OS. The van der Waals surface area contributed by atoms with E-state index in [2.05, 4.69) is 41.9 Å². The quantitative estimate of drug-likeness (QED) is 0.261. The van der Waals surface area contributed by atoms with Crippen LogP contribution in [-0.4, -0.2) is 41.0 Å². The highest BCUT2D eigenvalue weighted by molar-refractivity contribution is 7.08. The Labute approximate surface area is 219 Å². The van der Waals surface area contributed by atoms with Crippen molar-refractivity contribution in [3.8, 4) is 33.9 Å². The molecule has 7 rings (SSSR count). The summed E-state index contributed by atoms with van der Waals surface area (Å²) in [6, 6.07) is 16.8. The summed E-state index contributed by atoms with van der Waals surface area (Å²) >= 11 is 1.63. The van der Waals surface area contributed by atoms with E-state index in [4.69, 9.17) is 9.97 Å². The topological polar surface area (TPSA) is 125 Å². The Balaban J connectivity index is 1.25. The molecule has 1 aromatic carbocycles. The number of benzene rings is 1. The molecule has 7 aromatic rings. The van der Waals surface area contributed by atoms with E-state index >= 15 is 0 Å². The van der Waals surface area contributed by atoms with E-state index < -0.39 is 0 Å². The molecule has 182 valence electrons. The second-order valence-electron chi connectivity index (χ2n) is 8.63. The minimum absolute atomic E-state index is 0.203. The summed E-state index contributed by atoms with van der Waals surface area (Å²) in [5.74, 6) is 0.397. The van der Waals surface area contributed by atoms with E-state index in [1.807, 2.05) is 48.0 Å². The van der Waals surface area contributed by atoms with Gasteiger partial charge in [0, 0.05) is 29.1 Å². The average molecular weight is 515 g/mol. The van der Waals surface area contributed by atoms with Crippen molar-refractivity contribution in [1.82, 2.24) is 35.1 Å². The summed E-state index contributed by atoms with van der Waals surface area (Å²) in [6.45, 7) is 0. The highest BCUT2D eigenvalue weighted by Crippen LogP contribution is 2.32. The molecule has 0 atom stereocenters. The van der Waals surface area contributed by atoms with Crippen LogP contribution >= 0.6 is 11.3 Å². The zero-order chi connectivity index (χ0) is 25.5. The molecule has 9 nitrogen and oxygen atoms in total. The molecule has 3 N–H and O–H groups in total. The van der Waals surface area contributed by atoms with Crippen LogP contribution in [-0.2, 0) is 0 Å². The van der Waals surface area contributed by atoms with Gasteiger partial charge in [-0.3, -0.25) is 19.9 Å². The molecule has 0 aliphatic rings. The number of H-pyrrole nitrogens is 2. The van der Waals surface area contributed by atoms with E-state index in [1.165, 1.54) is 0 Å². The van der Waals surface area contributed by atoms with Gasteiger partial charge >= 0.3 is 0 Å². The van der Waals surface area contributed by atoms with Crippen LogP contribution in [0.5, 0.6) is 0 Å². The lowest BCUT2D eigenvalue weighted by Gasteiger charge is -2.07. The van der Waals surface area contributed by atoms with Gasteiger partial charge < -0.3 is 10.3 Å². The maximum atomic E-state index is 12.6. The number of rotatable bonds is 5. The van der Waals surface area contributed by atoms with Crippen LogP contribution in [0.2, 0.25) is 0 Å². The van der Waals surface area contributed by atoms with Gasteiger partial charge in [-0.15, -0.1) is 0 Å². The second-order valence-corrected chi connectivity index (χ2v) is 9.41. The number of amides is 1. The highest BCUT2D eigenvalue weighted by atomic mass is 32.1. The number of fused-ring (bicyclic) bond motifs is 2. The van der Waals surface area contributed by atoms with Crippen molar-refractivity contribution < 1.29 is 4.79 Å². The summed E-state index contributed by atoms with van der Waals surface area (Å²) in [6.07, 6.45) is 6.91. The van der Waals surface area contributed by atoms with Crippen LogP contribution < -0.4 is 5.32 Å². The van der Waals surface area contributed by atoms with Crippen molar-refractivity contribution in [2.75, 3.05) is 5.32 Å². The monoisotopic (exact) mass is 514 g/mol. The standard InChI is InChI=1S/C28H18N8OS/c37-28(16-4-2-1-3-5-16)31-19-10-18(11-29-12-19)21-6-7-22-25(32-21)26(36-35-22)27-33-23-14-30-13-20(24(23)34-27)17-8-9-38-15-17/h1-15H,(H,31,37)(H,33,34)(H,35,36). The Morgan fingerprint density at radius 3 is 2.61 bits per heavy atom. The first-order chi connectivity index (χ1) is 18.7. The van der Waals surface area contributed by atoms with E-state index in [9.17, 15) is 4.79 Å². The van der Waals surface area contributed by atoms with Crippen molar-refractivity contribution in [2.24, 2.45) is 0 Å². The first-order valence-corrected chi connectivity index (χ1v) is 12.7. The molecule has 6 heterocycles. The van der Waals surface area contributed by atoms with Gasteiger partial charge in [-0.25, -0.2) is 9.97 Å². The van der Waals surface area contributed by atoms with Gasteiger partial charge in [0.15, 0.2) is 11.5 Å². The Hall–Kier alpha value is -5.22. The lowest BCUT2D eigenvalue weighted by atomic mass is 10.1. The molecule has 0 fully saturated rings. The molecule has 10 heteroatoms. The van der Waals surface area contributed by atoms with Crippen LogP contribution in [0.1, 0.15) is 10.4 Å². The van der Waals surface area contributed by atoms with Gasteiger partial charge in [-0.1, -0.05) is 18.2 Å². The third-order valence-corrected chi connectivity index (χ3v) is 6.87. The number of aromatic amines is 2. The number of nitrogens with one attached hydrogen (secondary N) is 3. The molecule has 0 saturated carbocycles. The highest BCUT2D eigenvalue weighted by Gasteiger charge is 2.17. The minimum Gasteiger partial charge on any atom is -0.335 e. The molecule has 0 aliphatic heterocycles. The molecule has 6 aromatic heterocycles. The number of aromatic nitrogens is 7. The summed E-state index contributed by atoms with van der Waals surface area (Å²) < 4.78 is 0. The fourth-order valence-corrected chi connectivity index (χ4v) is 5.00. The van der Waals surface area contributed by atoms with Crippen molar-refractivity contribution in [1.29, 1.82) is 0 Å². The molecule has 0 saturated heterocycles. The van der Waals surface area contributed by atoms with Crippen molar-refractivity contribution >= 4 is 45.0 Å². The molecule has 0 bridgehead atoms. The smallest absolute Gasteiger partial charge is 0.255 e. The maximum Gasteiger partial charge on any atom is 0.255 e. The maximum absolute atomic E-state index is 12.6. The zero-order valence-electron chi connectivity index (χ0n) is 19.7. The summed E-state index contributed by atoms with van der Waals surface area (Å²) in [4.78, 5) is 34.4. The normalized spacial score (nSPS) is 11.3. The molecular weight excluding hydrogens is 496 g/mol. The summed E-state index contributed by atoms with van der Waals surface area (Å²) in [5, 5.41) is 14.6. The first kappa shape index (κ1) is 22.0. The summed E-state index contributed by atoms with van der Waals surface area (Å²) in [7, 11) is 0. The number of imidazole rings is 1. The fraction of sp³-hybridized carbons (Fsp3) is 0. The second kappa shape index (κ2) is 9.02. The van der Waals surface area contributed by atoms with E-state index in [1.54, 1.807) is 42.1 Å². The Morgan fingerprint density at radius 1 is 0.842 bits per heavy atom. The zero-order valence-corrected chi connectivity index (χ0v) is 20.5. The van der Waals surface area contributed by atoms with Gasteiger partial charge in [0.05, 0.1) is 34.8 Å². The van der Waals surface area contributed by atoms with E-state index in [0.717, 1.165) is 33.2 Å². The lowest BCUT2D eigenvalue weighted by Crippen LogP contribution is -2.11. The molecule has 0 radical (unpaired) electrons. The Bertz CT molecular complexity index is 1930. The van der Waals surface area contributed by atoms with Crippen LogP contribution in [0.15, 0.2) is 90.1 Å². The van der Waals surface area contributed by atoms with Crippen molar-refractivity contribution in [3.63, 3.8) is 0 Å². The number of hydrogen-bond acceptors (Lipinski definition) is 7. The molecule has 0 unspecified atom stereocenters. The third-order valence-electron chi connectivity index (χ3n) is 6.19. The van der Waals surface area contributed by atoms with Crippen LogP contribution in [0.4, 0.5) is 5.69 Å². The predicted octanol–water partition coefficient (Wildman–Crippen LogP) is 5.94. The lowest BCUT2D eigenvalue weighted by molar-refractivity contribution is 0.102. The molecule has 38 heavy (non-hydrogen) atoms. The van der Waals surface area contributed by atoms with Gasteiger partial charge in [0.25, 0.3) is 5.91 Å². The fourth-order valence-electron chi connectivity index (χ4n) is 4.34. The summed E-state index contributed by atoms with van der Waals surface area (Å²) in [5.41, 5.74) is 8.35. The SMILES string of the molecule is O=C(Nc1cncc(-c2ccc3[nH]nc(-c4nc5c(-c6ccsc6)cncc5[nH]4)c3n2)c1)c1ccccc1. The number of anilines is 1. The van der Waals surface area contributed by atoms with E-state index in [0.29, 0.717) is 34.0 Å². The number of carbonyl (C=O) groups is 1. The van der Waals surface area contributed by atoms with Gasteiger partial charge in [-0.05, 0) is 52.7 Å². The molecule has 1 amide bonds. The Morgan fingerprint density at radius 2 is 1.74 bits per heavy atom. The van der Waals surface area contributed by atoms with Crippen LogP contribution in [0.3, 0.4) is 0 Å². The van der Waals surface area contributed by atoms with Crippen LogP contribution in [0.25, 0.3) is 56.0 Å². The van der Waals surface area contributed by atoms with E-state index in [-0.39, 0.29) is 5.91 Å². The van der Waals surface area contributed by atoms with Crippen LogP contribution in [0, 0.1) is 0 Å². The van der Waals surface area contributed by atoms with Gasteiger partial charge in [0.1, 0.15) is 11.0 Å². The largest absolute Gasteiger partial charge is 0.335 e. The first-order valence-electron chi connectivity index (χ1n) is 11.8. The number of thiophene rings is 1. The molecule has 0 spiro atoms. The average Bonchev–Trinajstić information content (AvgIpc) is 3.73. The number of pyridine rings is 3. The molecule has 0 aliphatic carbocycles. The number of nitrogens with zero attached hydrogens (tertiary/aromatic N) is 5. The number of hydrogen-bond donors (Lipinski definition) is 3. The van der Waals surface area contributed by atoms with Gasteiger partial charge in [-0.2, -0.15) is 16.4 Å². The minimum atomic E-state index is -0.203. The van der Waals surface area contributed by atoms with Crippen molar-refractivity contribution in [3.05, 3.63) is 95.7 Å². The van der Waals surface area contributed by atoms with Crippen molar-refractivity contribution in [2.45, 2.75) is 0 Å². The predicted molar refractivity (Wildman–Crippen MR) is 148 cm³/mol. The Kier molecular flexibility index (Phi) is 5.22. The number of carbonyl (C=O) groups excluding carboxylic acids is 1. The van der Waals surface area contributed by atoms with Gasteiger partial charge in [0.2, 0.25) is 0 Å². The third kappa shape index (κ3) is 3.89.